The lowest BCUT2D eigenvalue weighted by atomic mass is 9.64. The van der Waals surface area contributed by atoms with Gasteiger partial charge in [-0.3, -0.25) is 9.59 Å². The molecule has 0 aromatic rings. The number of rotatable bonds is 1. The molecule has 1 atom stereocenters. The zero-order valence-electron chi connectivity index (χ0n) is 9.91. The average molecular weight is 222 g/mol. The van der Waals surface area contributed by atoms with Gasteiger partial charge in [-0.15, -0.1) is 0 Å². The molecule has 0 saturated heterocycles. The van der Waals surface area contributed by atoms with Gasteiger partial charge in [-0.1, -0.05) is 11.6 Å². The summed E-state index contributed by atoms with van der Waals surface area (Å²) < 4.78 is 4.88. The maximum absolute atomic E-state index is 11.8. The first-order chi connectivity index (χ1) is 7.60. The lowest BCUT2D eigenvalue weighted by molar-refractivity contribution is -0.150. The van der Waals surface area contributed by atoms with E-state index in [4.69, 9.17) is 4.74 Å². The number of ether oxygens (including phenoxy) is 1. The normalized spacial score (nSPS) is 28.0. The first kappa shape index (κ1) is 11.4. The highest BCUT2D eigenvalue weighted by Crippen LogP contribution is 2.52. The van der Waals surface area contributed by atoms with Gasteiger partial charge < -0.3 is 4.74 Å². The van der Waals surface area contributed by atoms with Gasteiger partial charge in [0.05, 0.1) is 13.0 Å². The number of carbonyl (C=O) groups is 2. The van der Waals surface area contributed by atoms with Gasteiger partial charge in [-0.25, -0.2) is 0 Å². The SMILES string of the molecule is COC(=O)C1CC=C(C)C12CCC(=O)CC2. The summed E-state index contributed by atoms with van der Waals surface area (Å²) in [6.45, 7) is 2.08. The molecule has 1 fully saturated rings. The van der Waals surface area contributed by atoms with E-state index < -0.39 is 0 Å². The summed E-state index contributed by atoms with van der Waals surface area (Å²) in [5.41, 5.74) is 1.19. The van der Waals surface area contributed by atoms with Crippen LogP contribution in [0.1, 0.15) is 39.0 Å². The number of hydrogen-bond acceptors (Lipinski definition) is 3. The van der Waals surface area contributed by atoms with Crippen LogP contribution in [0.15, 0.2) is 11.6 Å². The van der Waals surface area contributed by atoms with E-state index >= 15 is 0 Å². The summed E-state index contributed by atoms with van der Waals surface area (Å²) >= 11 is 0. The molecule has 2 rings (SSSR count). The molecule has 0 N–H and O–H groups in total. The molecule has 2 aliphatic carbocycles. The third-order valence-corrected chi connectivity index (χ3v) is 4.30. The van der Waals surface area contributed by atoms with Gasteiger partial charge in [0.25, 0.3) is 0 Å². The second-order valence-electron chi connectivity index (χ2n) is 4.89. The van der Waals surface area contributed by atoms with E-state index in [0.29, 0.717) is 18.6 Å². The highest BCUT2D eigenvalue weighted by Gasteiger charge is 2.49. The Hall–Kier alpha value is -1.12. The van der Waals surface area contributed by atoms with Crippen molar-refractivity contribution in [1.82, 2.24) is 0 Å². The Morgan fingerprint density at radius 1 is 1.44 bits per heavy atom. The molecule has 0 radical (unpaired) electrons. The van der Waals surface area contributed by atoms with Crippen molar-refractivity contribution in [3.05, 3.63) is 11.6 Å². The summed E-state index contributed by atoms with van der Waals surface area (Å²) in [4.78, 5) is 23.1. The molecule has 0 aromatic heterocycles. The van der Waals surface area contributed by atoms with Gasteiger partial charge in [-0.05, 0) is 26.2 Å². The van der Waals surface area contributed by atoms with Crippen LogP contribution in [0.25, 0.3) is 0 Å². The van der Waals surface area contributed by atoms with E-state index in [2.05, 4.69) is 13.0 Å². The lowest BCUT2D eigenvalue weighted by Crippen LogP contribution is -2.37. The molecule has 16 heavy (non-hydrogen) atoms. The third-order valence-electron chi connectivity index (χ3n) is 4.30. The summed E-state index contributed by atoms with van der Waals surface area (Å²) in [5.74, 6) is 0.141. The minimum absolute atomic E-state index is 0.0643. The number of esters is 1. The monoisotopic (exact) mass is 222 g/mol. The molecular weight excluding hydrogens is 204 g/mol. The molecule has 1 spiro atoms. The summed E-state index contributed by atoms with van der Waals surface area (Å²) in [7, 11) is 1.44. The van der Waals surface area contributed by atoms with E-state index in [1.807, 2.05) is 0 Å². The van der Waals surface area contributed by atoms with Crippen molar-refractivity contribution in [3.63, 3.8) is 0 Å². The van der Waals surface area contributed by atoms with Crippen molar-refractivity contribution in [3.8, 4) is 0 Å². The molecule has 0 aromatic carbocycles. The minimum Gasteiger partial charge on any atom is -0.469 e. The molecule has 0 bridgehead atoms. The van der Waals surface area contributed by atoms with Crippen molar-refractivity contribution in [1.29, 1.82) is 0 Å². The number of hydrogen-bond donors (Lipinski definition) is 0. The summed E-state index contributed by atoms with van der Waals surface area (Å²) in [6.07, 6.45) is 5.75. The zero-order valence-corrected chi connectivity index (χ0v) is 9.91. The first-order valence-corrected chi connectivity index (χ1v) is 5.87. The van der Waals surface area contributed by atoms with Crippen molar-refractivity contribution in [2.75, 3.05) is 7.11 Å². The Morgan fingerprint density at radius 3 is 2.62 bits per heavy atom. The molecule has 88 valence electrons. The molecule has 0 aliphatic heterocycles. The number of carbonyl (C=O) groups excluding carboxylic acids is 2. The minimum atomic E-state index is -0.123. The van der Waals surface area contributed by atoms with Gasteiger partial charge in [0.15, 0.2) is 0 Å². The van der Waals surface area contributed by atoms with Crippen LogP contribution in [0, 0.1) is 11.3 Å². The van der Waals surface area contributed by atoms with Crippen molar-refractivity contribution >= 4 is 11.8 Å². The smallest absolute Gasteiger partial charge is 0.309 e. The van der Waals surface area contributed by atoms with Crippen LogP contribution in [0.5, 0.6) is 0 Å². The zero-order chi connectivity index (χ0) is 11.8. The highest BCUT2D eigenvalue weighted by molar-refractivity contribution is 5.81. The quantitative estimate of drug-likeness (QED) is 0.505. The summed E-state index contributed by atoms with van der Waals surface area (Å²) in [5, 5.41) is 0. The van der Waals surface area contributed by atoms with Crippen LogP contribution >= 0.6 is 0 Å². The topological polar surface area (TPSA) is 43.4 Å². The molecule has 3 heteroatoms. The van der Waals surface area contributed by atoms with E-state index in [0.717, 1.165) is 19.3 Å². The van der Waals surface area contributed by atoms with Gasteiger partial charge in [0.2, 0.25) is 0 Å². The van der Waals surface area contributed by atoms with Gasteiger partial charge in [-0.2, -0.15) is 0 Å². The average Bonchev–Trinajstić information content (AvgIpc) is 2.60. The Labute approximate surface area is 95.9 Å². The van der Waals surface area contributed by atoms with Crippen LogP contribution in [-0.4, -0.2) is 18.9 Å². The fraction of sp³-hybridized carbons (Fsp3) is 0.692. The predicted octanol–water partition coefficient (Wildman–Crippen LogP) is 2.26. The molecular formula is C13H18O3. The van der Waals surface area contributed by atoms with Gasteiger partial charge >= 0.3 is 5.97 Å². The molecule has 1 unspecified atom stereocenters. The Kier molecular flexibility index (Phi) is 2.87. The summed E-state index contributed by atoms with van der Waals surface area (Å²) in [6, 6.07) is 0. The molecule has 3 nitrogen and oxygen atoms in total. The van der Waals surface area contributed by atoms with Crippen molar-refractivity contribution < 1.29 is 14.3 Å². The second kappa shape index (κ2) is 4.04. The van der Waals surface area contributed by atoms with Crippen molar-refractivity contribution in [2.24, 2.45) is 11.3 Å². The van der Waals surface area contributed by atoms with Gasteiger partial charge in [0, 0.05) is 18.3 Å². The van der Waals surface area contributed by atoms with Crippen LogP contribution < -0.4 is 0 Å². The number of methoxy groups -OCH3 is 1. The number of ketones is 1. The van der Waals surface area contributed by atoms with E-state index in [1.54, 1.807) is 0 Å². The maximum atomic E-state index is 11.8. The second-order valence-corrected chi connectivity index (χ2v) is 4.89. The van der Waals surface area contributed by atoms with Crippen LogP contribution in [0.4, 0.5) is 0 Å². The number of Topliss-reactive ketones (excluding diaryl/α,β-unsaturated/α-hetero) is 1. The van der Waals surface area contributed by atoms with E-state index in [-0.39, 0.29) is 17.3 Å². The fourth-order valence-electron chi connectivity index (χ4n) is 3.18. The van der Waals surface area contributed by atoms with Crippen LogP contribution in [0.3, 0.4) is 0 Å². The Morgan fingerprint density at radius 2 is 2.06 bits per heavy atom. The largest absolute Gasteiger partial charge is 0.469 e. The molecule has 0 heterocycles. The lowest BCUT2D eigenvalue weighted by Gasteiger charge is -2.39. The van der Waals surface area contributed by atoms with Crippen LogP contribution in [-0.2, 0) is 14.3 Å². The standard InChI is InChI=1S/C13H18O3/c1-9-3-4-11(12(15)16-2)13(9)7-5-10(14)6-8-13/h3,11H,4-8H2,1-2H3. The predicted molar refractivity (Wildman–Crippen MR) is 59.8 cm³/mol. The molecule has 2 aliphatic rings. The third kappa shape index (κ3) is 1.58. The molecule has 1 saturated carbocycles. The van der Waals surface area contributed by atoms with E-state index in [9.17, 15) is 9.59 Å². The Bertz CT molecular complexity index is 344. The first-order valence-electron chi connectivity index (χ1n) is 5.87. The maximum Gasteiger partial charge on any atom is 0.309 e. The Balaban J connectivity index is 2.24. The fourth-order valence-corrected chi connectivity index (χ4v) is 3.18. The number of allylic oxidation sites excluding steroid dienone is 2. The highest BCUT2D eigenvalue weighted by atomic mass is 16.5. The van der Waals surface area contributed by atoms with Gasteiger partial charge in [0.1, 0.15) is 5.78 Å². The van der Waals surface area contributed by atoms with Crippen LogP contribution in [0.2, 0.25) is 0 Å². The molecule has 0 amide bonds. The van der Waals surface area contributed by atoms with E-state index in [1.165, 1.54) is 12.7 Å². The van der Waals surface area contributed by atoms with Crippen molar-refractivity contribution in [2.45, 2.75) is 39.0 Å².